The number of aryl methyl sites for hydroxylation is 1. The van der Waals surface area contributed by atoms with Crippen LogP contribution in [-0.2, 0) is 12.3 Å². The number of hydrogen-bond acceptors (Lipinski definition) is 0. The second kappa shape index (κ2) is 11.2. The summed E-state index contributed by atoms with van der Waals surface area (Å²) in [6.07, 6.45) is 9.58. The first-order chi connectivity index (χ1) is 13.1. The molecule has 0 radical (unpaired) electrons. The van der Waals surface area contributed by atoms with Crippen LogP contribution in [0.1, 0.15) is 82.8 Å². The van der Waals surface area contributed by atoms with E-state index in [1.54, 1.807) is 12.1 Å². The molecule has 0 aliphatic carbocycles. The summed E-state index contributed by atoms with van der Waals surface area (Å²) < 4.78 is 28.8. The largest absolute Gasteiger partial charge is 0.273 e. The quantitative estimate of drug-likeness (QED) is 0.327. The van der Waals surface area contributed by atoms with Gasteiger partial charge in [0.15, 0.2) is 0 Å². The molecular formula is C25H34F2. The molecule has 2 rings (SSSR count). The Labute approximate surface area is 164 Å². The Hall–Kier alpha value is -1.70. The van der Waals surface area contributed by atoms with E-state index in [1.165, 1.54) is 24.8 Å². The van der Waals surface area contributed by atoms with Gasteiger partial charge in [-0.3, -0.25) is 0 Å². The van der Waals surface area contributed by atoms with Crippen molar-refractivity contribution >= 4 is 0 Å². The van der Waals surface area contributed by atoms with Crippen molar-refractivity contribution in [3.8, 4) is 11.1 Å². The summed E-state index contributed by atoms with van der Waals surface area (Å²) in [5, 5.41) is 0. The van der Waals surface area contributed by atoms with Gasteiger partial charge >= 0.3 is 0 Å². The third kappa shape index (κ3) is 7.08. The van der Waals surface area contributed by atoms with E-state index in [2.05, 4.69) is 38.1 Å². The van der Waals surface area contributed by atoms with Crippen molar-refractivity contribution in [2.24, 2.45) is 0 Å². The molecule has 2 heteroatoms. The Morgan fingerprint density at radius 2 is 1.15 bits per heavy atom. The first-order valence-electron chi connectivity index (χ1n) is 10.6. The Balaban J connectivity index is 1.93. The molecule has 0 fully saturated rings. The van der Waals surface area contributed by atoms with E-state index in [4.69, 9.17) is 0 Å². The highest BCUT2D eigenvalue weighted by molar-refractivity contribution is 5.64. The standard InChI is InChI=1S/C25H34F2/c1-3-5-7-8-10-20-25(26,27)24-18-16-23(17-19-24)22-14-12-21(13-15-22)11-9-6-4-2/h12-19H,3-11,20H2,1-2H3. The minimum atomic E-state index is -2.73. The predicted molar refractivity (Wildman–Crippen MR) is 112 cm³/mol. The third-order valence-electron chi connectivity index (χ3n) is 5.26. The highest BCUT2D eigenvalue weighted by Crippen LogP contribution is 2.35. The van der Waals surface area contributed by atoms with Gasteiger partial charge in [-0.1, -0.05) is 101 Å². The molecule has 0 aliphatic heterocycles. The Bertz CT molecular complexity index is 641. The summed E-state index contributed by atoms with van der Waals surface area (Å²) in [5.74, 6) is -2.73. The van der Waals surface area contributed by atoms with E-state index >= 15 is 0 Å². The molecule has 0 saturated carbocycles. The van der Waals surface area contributed by atoms with Crippen LogP contribution in [0.25, 0.3) is 11.1 Å². The molecule has 0 bridgehead atoms. The van der Waals surface area contributed by atoms with Crippen LogP contribution >= 0.6 is 0 Å². The van der Waals surface area contributed by atoms with Gasteiger partial charge in [-0.2, -0.15) is 0 Å². The summed E-state index contributed by atoms with van der Waals surface area (Å²) in [7, 11) is 0. The van der Waals surface area contributed by atoms with Crippen molar-refractivity contribution in [3.63, 3.8) is 0 Å². The zero-order valence-electron chi connectivity index (χ0n) is 16.9. The summed E-state index contributed by atoms with van der Waals surface area (Å²) >= 11 is 0. The molecule has 0 nitrogen and oxygen atoms in total. The first kappa shape index (κ1) is 21.6. The van der Waals surface area contributed by atoms with Crippen LogP contribution in [0.3, 0.4) is 0 Å². The van der Waals surface area contributed by atoms with Crippen molar-refractivity contribution in [1.82, 2.24) is 0 Å². The molecule has 27 heavy (non-hydrogen) atoms. The molecule has 0 N–H and O–H groups in total. The molecule has 0 saturated heterocycles. The number of halogens is 2. The molecule has 0 amide bonds. The Morgan fingerprint density at radius 1 is 0.630 bits per heavy atom. The van der Waals surface area contributed by atoms with Crippen molar-refractivity contribution in [1.29, 1.82) is 0 Å². The lowest BCUT2D eigenvalue weighted by Crippen LogP contribution is -2.13. The molecule has 0 aromatic heterocycles. The number of alkyl halides is 2. The molecule has 0 heterocycles. The summed E-state index contributed by atoms with van der Waals surface area (Å²) in [6.45, 7) is 4.35. The van der Waals surface area contributed by atoms with E-state index in [-0.39, 0.29) is 12.0 Å². The lowest BCUT2D eigenvalue weighted by atomic mass is 9.97. The van der Waals surface area contributed by atoms with Gasteiger partial charge in [0.05, 0.1) is 0 Å². The molecule has 0 spiro atoms. The maximum atomic E-state index is 14.4. The minimum absolute atomic E-state index is 0.0531. The van der Waals surface area contributed by atoms with Gasteiger partial charge < -0.3 is 0 Å². The van der Waals surface area contributed by atoms with Crippen molar-refractivity contribution in [2.45, 2.75) is 84.0 Å². The van der Waals surface area contributed by atoms with Gasteiger partial charge in [-0.25, -0.2) is 8.78 Å². The van der Waals surface area contributed by atoms with Gasteiger partial charge in [-0.05, 0) is 36.0 Å². The number of hydrogen-bond donors (Lipinski definition) is 0. The number of rotatable bonds is 12. The SMILES string of the molecule is CCCCCCCC(F)(F)c1ccc(-c2ccc(CCCCC)cc2)cc1. The molecule has 148 valence electrons. The lowest BCUT2D eigenvalue weighted by molar-refractivity contribution is -0.0158. The third-order valence-corrected chi connectivity index (χ3v) is 5.26. The molecule has 0 aliphatic rings. The van der Waals surface area contributed by atoms with Gasteiger partial charge in [0.2, 0.25) is 0 Å². The molecule has 2 aromatic rings. The van der Waals surface area contributed by atoms with E-state index in [0.29, 0.717) is 6.42 Å². The van der Waals surface area contributed by atoms with Crippen molar-refractivity contribution in [2.75, 3.05) is 0 Å². The molecule has 0 atom stereocenters. The van der Waals surface area contributed by atoms with Crippen LogP contribution in [0.4, 0.5) is 8.78 Å². The first-order valence-corrected chi connectivity index (χ1v) is 10.6. The van der Waals surface area contributed by atoms with E-state index < -0.39 is 5.92 Å². The summed E-state index contributed by atoms with van der Waals surface area (Å²) in [4.78, 5) is 0. The lowest BCUT2D eigenvalue weighted by Gasteiger charge is -2.17. The van der Waals surface area contributed by atoms with Crippen LogP contribution in [0.15, 0.2) is 48.5 Å². The Morgan fingerprint density at radius 3 is 1.74 bits per heavy atom. The van der Waals surface area contributed by atoms with Gasteiger partial charge in [0.1, 0.15) is 0 Å². The second-order valence-electron chi connectivity index (χ2n) is 7.60. The van der Waals surface area contributed by atoms with Crippen molar-refractivity contribution < 1.29 is 8.78 Å². The predicted octanol–water partition coefficient (Wildman–Crippen LogP) is 8.54. The second-order valence-corrected chi connectivity index (χ2v) is 7.60. The summed E-state index contributed by atoms with van der Waals surface area (Å²) in [5.41, 5.74) is 3.57. The Kier molecular flexibility index (Phi) is 8.97. The normalized spacial score (nSPS) is 11.7. The van der Waals surface area contributed by atoms with Crippen LogP contribution in [0.2, 0.25) is 0 Å². The highest BCUT2D eigenvalue weighted by atomic mass is 19.3. The van der Waals surface area contributed by atoms with Gasteiger partial charge in [0.25, 0.3) is 5.92 Å². The van der Waals surface area contributed by atoms with Crippen molar-refractivity contribution in [3.05, 3.63) is 59.7 Å². The maximum absolute atomic E-state index is 14.4. The molecule has 0 unspecified atom stereocenters. The van der Waals surface area contributed by atoms with Gasteiger partial charge in [0, 0.05) is 12.0 Å². The smallest absolute Gasteiger partial charge is 0.201 e. The van der Waals surface area contributed by atoms with Crippen LogP contribution < -0.4 is 0 Å². The highest BCUT2D eigenvalue weighted by Gasteiger charge is 2.30. The van der Waals surface area contributed by atoms with E-state index in [9.17, 15) is 8.78 Å². The summed E-state index contributed by atoms with van der Waals surface area (Å²) in [6, 6.07) is 15.4. The zero-order chi connectivity index (χ0) is 19.5. The number of unbranched alkanes of at least 4 members (excludes halogenated alkanes) is 6. The van der Waals surface area contributed by atoms with Crippen LogP contribution in [0, 0.1) is 0 Å². The topological polar surface area (TPSA) is 0 Å². The van der Waals surface area contributed by atoms with Crippen LogP contribution in [0.5, 0.6) is 0 Å². The van der Waals surface area contributed by atoms with Gasteiger partial charge in [-0.15, -0.1) is 0 Å². The average Bonchev–Trinajstić information content (AvgIpc) is 2.69. The fraction of sp³-hybridized carbons (Fsp3) is 0.520. The average molecular weight is 373 g/mol. The molecule has 2 aromatic carbocycles. The molecular weight excluding hydrogens is 338 g/mol. The minimum Gasteiger partial charge on any atom is -0.201 e. The van der Waals surface area contributed by atoms with Crippen LogP contribution in [-0.4, -0.2) is 0 Å². The van der Waals surface area contributed by atoms with E-state index in [0.717, 1.165) is 43.2 Å². The van der Waals surface area contributed by atoms with E-state index in [1.807, 2.05) is 12.1 Å². The fourth-order valence-corrected chi connectivity index (χ4v) is 3.44. The number of benzene rings is 2. The monoisotopic (exact) mass is 372 g/mol. The zero-order valence-corrected chi connectivity index (χ0v) is 16.9. The fourth-order valence-electron chi connectivity index (χ4n) is 3.44. The maximum Gasteiger partial charge on any atom is 0.273 e.